The summed E-state index contributed by atoms with van der Waals surface area (Å²) in [6, 6.07) is 16.8. The van der Waals surface area contributed by atoms with Gasteiger partial charge in [0, 0.05) is 16.9 Å². The van der Waals surface area contributed by atoms with Crippen molar-refractivity contribution in [2.75, 3.05) is 0 Å². The highest BCUT2D eigenvalue weighted by molar-refractivity contribution is 5.95. The lowest BCUT2D eigenvalue weighted by molar-refractivity contribution is 0.926. The monoisotopic (exact) mass is 367 g/mol. The Hall–Kier alpha value is -3.47. The molecule has 3 aromatic heterocycles. The third-order valence-corrected chi connectivity index (χ3v) is 5.40. The van der Waals surface area contributed by atoms with Crippen molar-refractivity contribution in [3.8, 4) is 17.1 Å². The summed E-state index contributed by atoms with van der Waals surface area (Å²) in [5.74, 6) is 0.720. The molecule has 28 heavy (non-hydrogen) atoms. The smallest absolute Gasteiger partial charge is 0.182 e. The second kappa shape index (κ2) is 6.02. The van der Waals surface area contributed by atoms with Gasteiger partial charge in [-0.15, -0.1) is 5.10 Å². The minimum absolute atomic E-state index is 0.720. The number of rotatable bonds is 2. The molecule has 0 saturated heterocycles. The van der Waals surface area contributed by atoms with E-state index in [4.69, 9.17) is 9.97 Å². The Labute approximate surface area is 163 Å². The fourth-order valence-electron chi connectivity index (χ4n) is 3.78. The van der Waals surface area contributed by atoms with Crippen LogP contribution >= 0.6 is 0 Å². The minimum atomic E-state index is 0.720. The van der Waals surface area contributed by atoms with Crippen molar-refractivity contribution in [3.05, 3.63) is 77.2 Å². The van der Waals surface area contributed by atoms with E-state index in [9.17, 15) is 0 Å². The van der Waals surface area contributed by atoms with E-state index >= 15 is 0 Å². The van der Waals surface area contributed by atoms with Gasteiger partial charge in [-0.05, 0) is 51.5 Å². The summed E-state index contributed by atoms with van der Waals surface area (Å²) >= 11 is 0. The van der Waals surface area contributed by atoms with Gasteiger partial charge >= 0.3 is 0 Å². The standard InChI is InChI=1S/C23H21N5/c1-14-8-10-19(11-9-14)28-17(4)16(3)20-22(28)24-13-27-23(20)25-21(26-27)18-7-5-6-15(2)12-18/h5-13H,1-4H3. The average molecular weight is 367 g/mol. The van der Waals surface area contributed by atoms with Gasteiger partial charge in [-0.1, -0.05) is 41.5 Å². The molecule has 0 radical (unpaired) electrons. The number of benzene rings is 2. The highest BCUT2D eigenvalue weighted by Gasteiger charge is 2.19. The molecule has 0 aliphatic heterocycles. The third kappa shape index (κ3) is 2.43. The third-order valence-electron chi connectivity index (χ3n) is 5.40. The van der Waals surface area contributed by atoms with Crippen molar-refractivity contribution in [1.29, 1.82) is 0 Å². The van der Waals surface area contributed by atoms with Crippen LogP contribution in [0.4, 0.5) is 0 Å². The maximum atomic E-state index is 4.87. The van der Waals surface area contributed by atoms with Crippen LogP contribution in [0.2, 0.25) is 0 Å². The van der Waals surface area contributed by atoms with Crippen LogP contribution in [0.5, 0.6) is 0 Å². The van der Waals surface area contributed by atoms with E-state index in [1.165, 1.54) is 22.4 Å². The Balaban J connectivity index is 1.79. The first-order chi connectivity index (χ1) is 13.5. The molecular formula is C23H21N5. The van der Waals surface area contributed by atoms with Crippen molar-refractivity contribution in [2.24, 2.45) is 0 Å². The number of hydrogen-bond acceptors (Lipinski definition) is 3. The number of aryl methyl sites for hydroxylation is 3. The Kier molecular flexibility index (Phi) is 3.59. The summed E-state index contributed by atoms with van der Waals surface area (Å²) in [4.78, 5) is 9.61. The lowest BCUT2D eigenvalue weighted by Gasteiger charge is -2.08. The minimum Gasteiger partial charge on any atom is -0.298 e. The zero-order chi connectivity index (χ0) is 19.4. The Morgan fingerprint density at radius 2 is 1.61 bits per heavy atom. The van der Waals surface area contributed by atoms with Crippen LogP contribution in [-0.2, 0) is 0 Å². The molecule has 0 fully saturated rings. The van der Waals surface area contributed by atoms with E-state index in [2.05, 4.69) is 73.8 Å². The zero-order valence-electron chi connectivity index (χ0n) is 16.4. The Morgan fingerprint density at radius 3 is 2.36 bits per heavy atom. The van der Waals surface area contributed by atoms with Gasteiger partial charge in [-0.2, -0.15) is 0 Å². The van der Waals surface area contributed by atoms with Crippen molar-refractivity contribution in [2.45, 2.75) is 27.7 Å². The van der Waals surface area contributed by atoms with E-state index in [1.807, 2.05) is 12.1 Å². The van der Waals surface area contributed by atoms with Crippen LogP contribution in [0.1, 0.15) is 22.4 Å². The molecule has 0 atom stereocenters. The summed E-state index contributed by atoms with van der Waals surface area (Å²) in [5.41, 5.74) is 8.65. The first-order valence-electron chi connectivity index (χ1n) is 9.40. The van der Waals surface area contributed by atoms with E-state index in [-0.39, 0.29) is 0 Å². The second-order valence-corrected chi connectivity index (χ2v) is 7.40. The molecule has 0 amide bonds. The van der Waals surface area contributed by atoms with Crippen LogP contribution in [0.25, 0.3) is 33.8 Å². The average Bonchev–Trinajstić information content (AvgIpc) is 3.22. The van der Waals surface area contributed by atoms with Crippen LogP contribution in [-0.4, -0.2) is 24.1 Å². The quantitative estimate of drug-likeness (QED) is 0.443. The fourth-order valence-corrected chi connectivity index (χ4v) is 3.78. The van der Waals surface area contributed by atoms with Crippen molar-refractivity contribution in [3.63, 3.8) is 0 Å². The van der Waals surface area contributed by atoms with Gasteiger partial charge in [-0.3, -0.25) is 4.57 Å². The molecule has 5 heteroatoms. The maximum absolute atomic E-state index is 4.87. The number of hydrogen-bond donors (Lipinski definition) is 0. The summed E-state index contributed by atoms with van der Waals surface area (Å²) in [6.07, 6.45) is 1.76. The fraction of sp³-hybridized carbons (Fsp3) is 0.174. The summed E-state index contributed by atoms with van der Waals surface area (Å²) in [7, 11) is 0. The molecule has 0 unspecified atom stereocenters. The molecular weight excluding hydrogens is 346 g/mol. The molecule has 0 aliphatic rings. The van der Waals surface area contributed by atoms with Gasteiger partial charge in [-0.25, -0.2) is 14.5 Å². The predicted molar refractivity (Wildman–Crippen MR) is 112 cm³/mol. The molecule has 3 heterocycles. The molecule has 5 nitrogen and oxygen atoms in total. The molecule has 0 bridgehead atoms. The SMILES string of the molecule is Cc1ccc(-n2c(C)c(C)c3c2ncn2nc(-c4cccc(C)c4)nc32)cc1. The van der Waals surface area contributed by atoms with Crippen molar-refractivity contribution >= 4 is 16.7 Å². The van der Waals surface area contributed by atoms with Crippen LogP contribution in [0.15, 0.2) is 54.9 Å². The van der Waals surface area contributed by atoms with E-state index in [1.54, 1.807) is 10.8 Å². The molecule has 138 valence electrons. The molecule has 0 spiro atoms. The molecule has 5 aromatic rings. The number of aromatic nitrogens is 5. The summed E-state index contributed by atoms with van der Waals surface area (Å²) in [6.45, 7) is 8.44. The predicted octanol–water partition coefficient (Wildman–Crippen LogP) is 4.97. The molecule has 0 N–H and O–H groups in total. The Bertz CT molecular complexity index is 1340. The van der Waals surface area contributed by atoms with Gasteiger partial charge in [0.25, 0.3) is 0 Å². The van der Waals surface area contributed by atoms with Crippen LogP contribution < -0.4 is 0 Å². The summed E-state index contributed by atoms with van der Waals surface area (Å²) in [5, 5.41) is 5.72. The lowest BCUT2D eigenvalue weighted by atomic mass is 10.1. The molecule has 0 saturated carbocycles. The Morgan fingerprint density at radius 1 is 0.821 bits per heavy atom. The normalized spacial score (nSPS) is 11.6. The first kappa shape index (κ1) is 16.7. The molecule has 5 rings (SSSR count). The van der Waals surface area contributed by atoms with Gasteiger partial charge in [0.05, 0.1) is 5.39 Å². The lowest BCUT2D eigenvalue weighted by Crippen LogP contribution is -1.99. The highest BCUT2D eigenvalue weighted by atomic mass is 15.3. The number of nitrogens with zero attached hydrogens (tertiary/aromatic N) is 5. The second-order valence-electron chi connectivity index (χ2n) is 7.40. The molecule has 2 aromatic carbocycles. The van der Waals surface area contributed by atoms with Crippen LogP contribution in [0.3, 0.4) is 0 Å². The topological polar surface area (TPSA) is 48.0 Å². The van der Waals surface area contributed by atoms with Crippen molar-refractivity contribution < 1.29 is 0 Å². The van der Waals surface area contributed by atoms with Crippen molar-refractivity contribution in [1.82, 2.24) is 24.1 Å². The number of fused-ring (bicyclic) bond motifs is 3. The van der Waals surface area contributed by atoms with Gasteiger partial charge in [0.2, 0.25) is 0 Å². The largest absolute Gasteiger partial charge is 0.298 e. The van der Waals surface area contributed by atoms with E-state index < -0.39 is 0 Å². The first-order valence-corrected chi connectivity index (χ1v) is 9.40. The highest BCUT2D eigenvalue weighted by Crippen LogP contribution is 2.30. The maximum Gasteiger partial charge on any atom is 0.182 e. The summed E-state index contributed by atoms with van der Waals surface area (Å²) < 4.78 is 3.98. The van der Waals surface area contributed by atoms with Gasteiger partial charge in [0.15, 0.2) is 17.1 Å². The van der Waals surface area contributed by atoms with E-state index in [0.29, 0.717) is 0 Å². The van der Waals surface area contributed by atoms with Gasteiger partial charge < -0.3 is 0 Å². The molecule has 0 aliphatic carbocycles. The van der Waals surface area contributed by atoms with Gasteiger partial charge in [0.1, 0.15) is 6.33 Å². The van der Waals surface area contributed by atoms with E-state index in [0.717, 1.165) is 33.8 Å². The zero-order valence-corrected chi connectivity index (χ0v) is 16.4. The van der Waals surface area contributed by atoms with Crippen LogP contribution in [0, 0.1) is 27.7 Å².